The van der Waals surface area contributed by atoms with Gasteiger partial charge in [-0.15, -0.1) is 0 Å². The second-order valence-corrected chi connectivity index (χ2v) is 2.67. The van der Waals surface area contributed by atoms with Gasteiger partial charge in [0.05, 0.1) is 5.97 Å². The molecule has 0 saturated carbocycles. The number of hydrogen-bond donors (Lipinski definition) is 1. The van der Waals surface area contributed by atoms with Crippen LogP contribution in [0.2, 0.25) is 0 Å². The molecule has 0 aliphatic heterocycles. The average molecular weight is 204 g/mol. The van der Waals surface area contributed by atoms with E-state index in [9.17, 15) is 15.0 Å². The van der Waals surface area contributed by atoms with Gasteiger partial charge in [0.25, 0.3) is 0 Å². The summed E-state index contributed by atoms with van der Waals surface area (Å²) >= 11 is 0. The predicted molar refractivity (Wildman–Crippen MR) is 41.9 cm³/mol. The van der Waals surface area contributed by atoms with Gasteiger partial charge in [0, 0.05) is 5.56 Å². The normalized spacial score (nSPS) is 9.08. The fraction of sp³-hybridized carbons (Fsp3) is 0.222. The first-order valence-corrected chi connectivity index (χ1v) is 3.54. The van der Waals surface area contributed by atoms with Crippen molar-refractivity contribution in [2.45, 2.75) is 13.8 Å². The maximum absolute atomic E-state index is 10.5. The molecule has 0 radical (unpaired) electrons. The molecule has 13 heavy (non-hydrogen) atoms. The molecule has 0 amide bonds. The fourth-order valence-corrected chi connectivity index (χ4v) is 1.03. The van der Waals surface area contributed by atoms with Crippen LogP contribution in [0.15, 0.2) is 12.1 Å². The Bertz CT molecular complexity index is 334. The zero-order valence-electron chi connectivity index (χ0n) is 7.92. The Morgan fingerprint density at radius 2 is 1.85 bits per heavy atom. The molecular weight excluding hydrogens is 195 g/mol. The average Bonchev–Trinajstić information content (AvgIpc) is 2.00. The summed E-state index contributed by atoms with van der Waals surface area (Å²) in [5, 5.41) is 19.7. The molecule has 0 aromatic heterocycles. The van der Waals surface area contributed by atoms with Crippen molar-refractivity contribution in [1.29, 1.82) is 0 Å². The first kappa shape index (κ1) is 13.1. The van der Waals surface area contributed by atoms with Crippen LogP contribution in [0.1, 0.15) is 21.5 Å². The minimum absolute atomic E-state index is 0. The Morgan fingerprint density at radius 1 is 1.31 bits per heavy atom. The maximum Gasteiger partial charge on any atom is 1.00 e. The zero-order valence-corrected chi connectivity index (χ0v) is 11.0. The monoisotopic (exact) mass is 204 g/mol. The van der Waals surface area contributed by atoms with Gasteiger partial charge in [-0.2, -0.15) is 0 Å². The molecular formula is C9H9KO3. The molecule has 0 aliphatic rings. The summed E-state index contributed by atoms with van der Waals surface area (Å²) in [6.07, 6.45) is 0. The molecule has 4 heteroatoms. The van der Waals surface area contributed by atoms with E-state index in [0.717, 1.165) is 0 Å². The predicted octanol–water partition coefficient (Wildman–Crippen LogP) is -2.62. The van der Waals surface area contributed by atoms with Crippen molar-refractivity contribution in [3.63, 3.8) is 0 Å². The number of aromatic carboxylic acids is 1. The molecule has 64 valence electrons. The topological polar surface area (TPSA) is 60.4 Å². The molecule has 0 spiro atoms. The van der Waals surface area contributed by atoms with E-state index < -0.39 is 5.97 Å². The van der Waals surface area contributed by atoms with Crippen LogP contribution in [0, 0.1) is 13.8 Å². The van der Waals surface area contributed by atoms with Gasteiger partial charge in [0.2, 0.25) is 0 Å². The smallest absolute Gasteiger partial charge is 0.545 e. The number of phenols is 1. The molecule has 0 saturated heterocycles. The standard InChI is InChI=1S/C9H10O3.K/c1-5-6(2)8(10)4-3-7(5)9(11)12;/h3-4,10H,1-2H3,(H,11,12);/q;+1/p-1. The SMILES string of the molecule is Cc1c(O)ccc(C(=O)[O-])c1C.[K+]. The van der Waals surface area contributed by atoms with Crippen molar-refractivity contribution in [2.24, 2.45) is 0 Å². The number of rotatable bonds is 1. The number of benzene rings is 1. The zero-order chi connectivity index (χ0) is 9.30. The molecule has 1 aromatic carbocycles. The largest absolute Gasteiger partial charge is 1.00 e. The van der Waals surface area contributed by atoms with Crippen molar-refractivity contribution in [3.8, 4) is 5.75 Å². The number of phenolic OH excluding ortho intramolecular Hbond substituents is 1. The molecule has 0 atom stereocenters. The number of hydrogen-bond acceptors (Lipinski definition) is 3. The van der Waals surface area contributed by atoms with Crippen LogP contribution in [0.3, 0.4) is 0 Å². The third kappa shape index (κ3) is 2.79. The number of carbonyl (C=O) groups excluding carboxylic acids is 1. The van der Waals surface area contributed by atoms with E-state index in [-0.39, 0.29) is 62.7 Å². The summed E-state index contributed by atoms with van der Waals surface area (Å²) in [6.45, 7) is 3.30. The minimum atomic E-state index is -1.21. The van der Waals surface area contributed by atoms with E-state index in [2.05, 4.69) is 0 Å². The Morgan fingerprint density at radius 3 is 2.31 bits per heavy atom. The van der Waals surface area contributed by atoms with Gasteiger partial charge >= 0.3 is 51.4 Å². The van der Waals surface area contributed by atoms with E-state index in [1.807, 2.05) is 0 Å². The Kier molecular flexibility index (Phi) is 5.17. The van der Waals surface area contributed by atoms with Crippen LogP contribution in [0.25, 0.3) is 0 Å². The molecule has 0 heterocycles. The number of carboxylic acid groups (broad SMARTS) is 1. The van der Waals surface area contributed by atoms with E-state index in [4.69, 9.17) is 0 Å². The van der Waals surface area contributed by atoms with Crippen molar-refractivity contribution in [2.75, 3.05) is 0 Å². The summed E-state index contributed by atoms with van der Waals surface area (Å²) in [5.41, 5.74) is 1.26. The summed E-state index contributed by atoms with van der Waals surface area (Å²) in [5.74, 6) is -1.10. The first-order valence-electron chi connectivity index (χ1n) is 3.54. The van der Waals surface area contributed by atoms with Gasteiger partial charge in [-0.3, -0.25) is 0 Å². The van der Waals surface area contributed by atoms with Crippen LogP contribution < -0.4 is 56.5 Å². The van der Waals surface area contributed by atoms with Crippen molar-refractivity contribution >= 4 is 5.97 Å². The van der Waals surface area contributed by atoms with Crippen LogP contribution in [-0.4, -0.2) is 11.1 Å². The Hall–Kier alpha value is 0.126. The van der Waals surface area contributed by atoms with Crippen molar-refractivity contribution in [1.82, 2.24) is 0 Å². The van der Waals surface area contributed by atoms with Crippen LogP contribution in [-0.2, 0) is 0 Å². The second kappa shape index (κ2) is 5.12. The van der Waals surface area contributed by atoms with E-state index in [0.29, 0.717) is 11.1 Å². The molecule has 0 unspecified atom stereocenters. The third-order valence-electron chi connectivity index (χ3n) is 1.98. The van der Waals surface area contributed by atoms with Crippen LogP contribution >= 0.6 is 0 Å². The molecule has 0 fully saturated rings. The molecule has 1 N–H and O–H groups in total. The summed E-state index contributed by atoms with van der Waals surface area (Å²) in [7, 11) is 0. The Balaban J connectivity index is 0.00000144. The second-order valence-electron chi connectivity index (χ2n) is 2.67. The molecule has 0 aliphatic carbocycles. The number of carbonyl (C=O) groups is 1. The van der Waals surface area contributed by atoms with Gasteiger partial charge in [-0.05, 0) is 37.1 Å². The Labute approximate surface area is 119 Å². The summed E-state index contributed by atoms with van der Waals surface area (Å²) < 4.78 is 0. The molecule has 0 bridgehead atoms. The van der Waals surface area contributed by atoms with Gasteiger partial charge in [0.1, 0.15) is 5.75 Å². The van der Waals surface area contributed by atoms with Crippen molar-refractivity contribution < 1.29 is 66.4 Å². The van der Waals surface area contributed by atoms with E-state index in [1.54, 1.807) is 13.8 Å². The molecule has 3 nitrogen and oxygen atoms in total. The van der Waals surface area contributed by atoms with Crippen LogP contribution in [0.4, 0.5) is 0 Å². The van der Waals surface area contributed by atoms with E-state index in [1.165, 1.54) is 12.1 Å². The van der Waals surface area contributed by atoms with E-state index >= 15 is 0 Å². The maximum atomic E-state index is 10.5. The van der Waals surface area contributed by atoms with Gasteiger partial charge in [-0.1, -0.05) is 0 Å². The summed E-state index contributed by atoms with van der Waals surface area (Å²) in [6, 6.07) is 2.69. The van der Waals surface area contributed by atoms with Gasteiger partial charge in [0.15, 0.2) is 0 Å². The van der Waals surface area contributed by atoms with Crippen molar-refractivity contribution in [3.05, 3.63) is 28.8 Å². The van der Waals surface area contributed by atoms with Gasteiger partial charge in [-0.25, -0.2) is 0 Å². The third-order valence-corrected chi connectivity index (χ3v) is 1.98. The number of carboxylic acids is 1. The van der Waals surface area contributed by atoms with Gasteiger partial charge < -0.3 is 15.0 Å². The molecule has 1 aromatic rings. The summed E-state index contributed by atoms with van der Waals surface area (Å²) in [4.78, 5) is 10.5. The number of aromatic hydroxyl groups is 1. The quantitative estimate of drug-likeness (QED) is 0.509. The fourth-order valence-electron chi connectivity index (χ4n) is 1.03. The van der Waals surface area contributed by atoms with Crippen LogP contribution in [0.5, 0.6) is 5.75 Å². The minimum Gasteiger partial charge on any atom is -0.545 e. The molecule has 1 rings (SSSR count). The first-order chi connectivity index (χ1) is 5.54.